The Hall–Kier alpha value is -2.20. The van der Waals surface area contributed by atoms with E-state index in [-0.39, 0.29) is 17.8 Å². The van der Waals surface area contributed by atoms with E-state index in [0.29, 0.717) is 29.7 Å². The summed E-state index contributed by atoms with van der Waals surface area (Å²) in [6.07, 6.45) is 3.18. The summed E-state index contributed by atoms with van der Waals surface area (Å²) in [5.41, 5.74) is 10.6. The first-order chi connectivity index (χ1) is 11.0. The number of rotatable bonds is 6. The normalized spacial score (nSPS) is 17.7. The van der Waals surface area contributed by atoms with E-state index in [2.05, 4.69) is 9.98 Å². The Kier molecular flexibility index (Phi) is 5.88. The number of thiazole rings is 1. The number of amides is 1. The summed E-state index contributed by atoms with van der Waals surface area (Å²) in [4.78, 5) is 32.8. The van der Waals surface area contributed by atoms with Gasteiger partial charge < -0.3 is 31.0 Å². The maximum Gasteiger partial charge on any atom is 0.265 e. The summed E-state index contributed by atoms with van der Waals surface area (Å²) < 4.78 is 5.06. The van der Waals surface area contributed by atoms with E-state index in [4.69, 9.17) is 16.2 Å². The number of aromatic nitrogens is 1. The highest BCUT2D eigenvalue weighted by atomic mass is 32.1. The molecule has 1 aromatic rings. The molecule has 126 valence electrons. The van der Waals surface area contributed by atoms with Gasteiger partial charge in [0.2, 0.25) is 5.13 Å². The Labute approximate surface area is 137 Å². The molecule has 1 aliphatic heterocycles. The first-order valence-corrected chi connectivity index (χ1v) is 7.89. The summed E-state index contributed by atoms with van der Waals surface area (Å²) in [6, 6.07) is 0. The summed E-state index contributed by atoms with van der Waals surface area (Å²) in [6.45, 7) is 1.02. The van der Waals surface area contributed by atoms with Crippen molar-refractivity contribution in [2.75, 3.05) is 26.3 Å². The molecule has 1 unspecified atom stereocenters. The fourth-order valence-corrected chi connectivity index (χ4v) is 3.15. The number of hydrogen-bond donors (Lipinski definition) is 2. The molecule has 1 saturated heterocycles. The number of carboxylic acids is 1. The van der Waals surface area contributed by atoms with Gasteiger partial charge in [-0.25, -0.2) is 4.98 Å². The average molecular weight is 340 g/mol. The highest BCUT2D eigenvalue weighted by Crippen LogP contribution is 2.25. The van der Waals surface area contributed by atoms with Gasteiger partial charge in [0.1, 0.15) is 4.88 Å². The van der Waals surface area contributed by atoms with Crippen LogP contribution in [0.3, 0.4) is 0 Å². The lowest BCUT2D eigenvalue weighted by molar-refractivity contribution is -0.309. The zero-order valence-electron chi connectivity index (χ0n) is 12.4. The molecule has 10 heteroatoms. The number of nitrogens with zero attached hydrogens (tertiary/aromatic N) is 3. The second kappa shape index (κ2) is 7.88. The molecule has 23 heavy (non-hydrogen) atoms. The smallest absolute Gasteiger partial charge is 0.265 e. The standard InChI is InChI=1S/C13H19N5O4S/c14-12(15)17-13-16-4-9(23-13)11(21)18-3-1-2-8(5-18)6-22-7-10(19)20/h4,8H,1-3,5-7H2,(H,19,20)(H4,14,15,16,17)/p-1. The molecule has 1 atom stereocenters. The predicted octanol–water partition coefficient (Wildman–Crippen LogP) is -1.33. The topological polar surface area (TPSA) is 147 Å². The number of piperidine rings is 1. The number of carbonyl (C=O) groups excluding carboxylic acids is 2. The quantitative estimate of drug-likeness (QED) is 0.481. The van der Waals surface area contributed by atoms with Crippen LogP contribution in [-0.2, 0) is 9.53 Å². The number of aliphatic imine (C=N–C) groups is 1. The summed E-state index contributed by atoms with van der Waals surface area (Å²) in [5, 5.41) is 10.7. The zero-order valence-corrected chi connectivity index (χ0v) is 13.3. The Morgan fingerprint density at radius 2 is 2.30 bits per heavy atom. The third kappa shape index (κ3) is 5.18. The minimum atomic E-state index is -1.24. The third-order valence-corrected chi connectivity index (χ3v) is 4.19. The third-order valence-electron chi connectivity index (χ3n) is 3.31. The van der Waals surface area contributed by atoms with Crippen LogP contribution in [0.15, 0.2) is 11.2 Å². The van der Waals surface area contributed by atoms with Crippen molar-refractivity contribution < 1.29 is 19.4 Å². The van der Waals surface area contributed by atoms with Crippen LogP contribution in [0.5, 0.6) is 0 Å². The van der Waals surface area contributed by atoms with Crippen LogP contribution in [0.1, 0.15) is 22.5 Å². The van der Waals surface area contributed by atoms with E-state index in [0.717, 1.165) is 24.2 Å². The van der Waals surface area contributed by atoms with Gasteiger partial charge in [0.15, 0.2) is 5.96 Å². The fraction of sp³-hybridized carbons (Fsp3) is 0.538. The molecule has 0 radical (unpaired) electrons. The Balaban J connectivity index is 1.92. The molecule has 2 rings (SSSR count). The predicted molar refractivity (Wildman–Crippen MR) is 82.0 cm³/mol. The lowest BCUT2D eigenvalue weighted by Crippen LogP contribution is -2.41. The van der Waals surface area contributed by atoms with Gasteiger partial charge in [0.05, 0.1) is 25.4 Å². The van der Waals surface area contributed by atoms with Crippen LogP contribution < -0.4 is 16.6 Å². The minimum absolute atomic E-state index is 0.108. The molecule has 0 aromatic carbocycles. The molecule has 0 aliphatic carbocycles. The molecular formula is C13H18N5O4S-. The first-order valence-electron chi connectivity index (χ1n) is 7.08. The Morgan fingerprint density at radius 1 is 1.52 bits per heavy atom. The number of aliphatic carboxylic acids is 1. The number of hydrogen-bond acceptors (Lipinski definition) is 7. The lowest BCUT2D eigenvalue weighted by atomic mass is 9.99. The zero-order chi connectivity index (χ0) is 16.8. The largest absolute Gasteiger partial charge is 0.548 e. The van der Waals surface area contributed by atoms with Crippen LogP contribution in [-0.4, -0.2) is 54.0 Å². The van der Waals surface area contributed by atoms with Gasteiger partial charge in [-0.1, -0.05) is 11.3 Å². The maximum atomic E-state index is 12.5. The number of nitrogens with two attached hydrogens (primary N) is 2. The molecular weight excluding hydrogens is 322 g/mol. The van der Waals surface area contributed by atoms with Gasteiger partial charge in [-0.3, -0.25) is 4.79 Å². The van der Waals surface area contributed by atoms with Crippen LogP contribution in [0.25, 0.3) is 0 Å². The second-order valence-corrected chi connectivity index (χ2v) is 6.20. The van der Waals surface area contributed by atoms with Crippen molar-refractivity contribution in [2.24, 2.45) is 22.4 Å². The molecule has 2 heterocycles. The molecule has 1 amide bonds. The molecule has 1 fully saturated rings. The van der Waals surface area contributed by atoms with E-state index in [1.165, 1.54) is 6.20 Å². The molecule has 4 N–H and O–H groups in total. The molecule has 0 bridgehead atoms. The minimum Gasteiger partial charge on any atom is -0.548 e. The Bertz CT molecular complexity index is 599. The van der Waals surface area contributed by atoms with Crippen molar-refractivity contribution in [3.05, 3.63) is 11.1 Å². The van der Waals surface area contributed by atoms with Gasteiger partial charge in [-0.15, -0.1) is 0 Å². The highest BCUT2D eigenvalue weighted by molar-refractivity contribution is 7.17. The van der Waals surface area contributed by atoms with E-state index in [1.807, 2.05) is 0 Å². The van der Waals surface area contributed by atoms with Crippen molar-refractivity contribution >= 4 is 34.3 Å². The van der Waals surface area contributed by atoms with Crippen LogP contribution in [0.4, 0.5) is 5.13 Å². The van der Waals surface area contributed by atoms with Crippen molar-refractivity contribution in [1.82, 2.24) is 9.88 Å². The molecule has 0 spiro atoms. The van der Waals surface area contributed by atoms with Crippen LogP contribution in [0, 0.1) is 5.92 Å². The second-order valence-electron chi connectivity index (χ2n) is 5.19. The molecule has 1 aliphatic rings. The molecule has 9 nitrogen and oxygen atoms in total. The van der Waals surface area contributed by atoms with Gasteiger partial charge in [0, 0.05) is 13.1 Å². The van der Waals surface area contributed by atoms with Gasteiger partial charge >= 0.3 is 0 Å². The number of likely N-dealkylation sites (tertiary alicyclic amines) is 1. The lowest BCUT2D eigenvalue weighted by Gasteiger charge is -2.32. The summed E-state index contributed by atoms with van der Waals surface area (Å²) in [5.74, 6) is -1.38. The van der Waals surface area contributed by atoms with E-state index < -0.39 is 12.6 Å². The van der Waals surface area contributed by atoms with Crippen molar-refractivity contribution in [3.63, 3.8) is 0 Å². The highest BCUT2D eigenvalue weighted by Gasteiger charge is 2.25. The van der Waals surface area contributed by atoms with Gasteiger partial charge in [-0.2, -0.15) is 4.99 Å². The Morgan fingerprint density at radius 3 is 3.00 bits per heavy atom. The van der Waals surface area contributed by atoms with Crippen molar-refractivity contribution in [1.29, 1.82) is 0 Å². The fourth-order valence-electron chi connectivity index (χ4n) is 2.38. The average Bonchev–Trinajstić information content (AvgIpc) is 2.94. The molecule has 1 aromatic heterocycles. The van der Waals surface area contributed by atoms with E-state index >= 15 is 0 Å². The van der Waals surface area contributed by atoms with Crippen LogP contribution >= 0.6 is 11.3 Å². The number of guanidine groups is 1. The van der Waals surface area contributed by atoms with Crippen molar-refractivity contribution in [2.45, 2.75) is 12.8 Å². The first kappa shape index (κ1) is 17.2. The molecule has 0 saturated carbocycles. The summed E-state index contributed by atoms with van der Waals surface area (Å²) in [7, 11) is 0. The van der Waals surface area contributed by atoms with Crippen molar-refractivity contribution in [3.8, 4) is 0 Å². The number of ether oxygens (including phenoxy) is 1. The number of carbonyl (C=O) groups is 2. The van der Waals surface area contributed by atoms with Gasteiger partial charge in [-0.05, 0) is 18.8 Å². The van der Waals surface area contributed by atoms with E-state index in [9.17, 15) is 14.7 Å². The monoisotopic (exact) mass is 340 g/mol. The number of carboxylic acid groups (broad SMARTS) is 1. The summed E-state index contributed by atoms with van der Waals surface area (Å²) >= 11 is 1.12. The van der Waals surface area contributed by atoms with E-state index in [1.54, 1.807) is 4.90 Å². The van der Waals surface area contributed by atoms with Crippen LogP contribution in [0.2, 0.25) is 0 Å². The maximum absolute atomic E-state index is 12.5. The SMILES string of the molecule is NC(N)=Nc1ncc(C(=O)N2CCCC(COCC(=O)[O-])C2)s1. The van der Waals surface area contributed by atoms with Gasteiger partial charge in [0.25, 0.3) is 5.91 Å².